The maximum Gasteiger partial charge on any atom is 0.0671 e. The van der Waals surface area contributed by atoms with Gasteiger partial charge in [-0.2, -0.15) is 0 Å². The molecule has 0 radical (unpaired) electrons. The van der Waals surface area contributed by atoms with Crippen molar-refractivity contribution in [3.05, 3.63) is 35.4 Å². The minimum atomic E-state index is -1.36. The van der Waals surface area contributed by atoms with E-state index < -0.39 is 15.2 Å². The smallest absolute Gasteiger partial charge is 0.0671 e. The number of benzene rings is 1. The van der Waals surface area contributed by atoms with Crippen molar-refractivity contribution in [2.75, 3.05) is 0 Å². The van der Waals surface area contributed by atoms with Gasteiger partial charge >= 0.3 is 0 Å². The van der Waals surface area contributed by atoms with E-state index in [1.165, 1.54) is 11.1 Å². The highest BCUT2D eigenvalue weighted by molar-refractivity contribution is 7.41. The summed E-state index contributed by atoms with van der Waals surface area (Å²) in [6.07, 6.45) is 0. The van der Waals surface area contributed by atoms with Crippen LogP contribution in [0.15, 0.2) is 24.3 Å². The standard InChI is InChI=1S/C13H23ClSi2/c1-11-7-9-12(10-8-11)13(14)16(5,6)15(2,3)4/h7-10,13H,1-6H3. The molecule has 90 valence electrons. The Morgan fingerprint density at radius 1 is 0.938 bits per heavy atom. The summed E-state index contributed by atoms with van der Waals surface area (Å²) in [6.45, 7) is 14.3. The summed E-state index contributed by atoms with van der Waals surface area (Å²) in [5.74, 6) is 0. The highest BCUT2D eigenvalue weighted by Crippen LogP contribution is 2.36. The van der Waals surface area contributed by atoms with Gasteiger partial charge in [-0.05, 0) is 12.5 Å². The Labute approximate surface area is 107 Å². The van der Waals surface area contributed by atoms with Gasteiger partial charge in [0, 0.05) is 12.6 Å². The zero-order valence-corrected chi connectivity index (χ0v) is 14.0. The molecule has 0 fully saturated rings. The molecule has 1 aromatic rings. The number of hydrogen-bond acceptors (Lipinski definition) is 0. The molecule has 0 saturated carbocycles. The molecule has 1 aromatic carbocycles. The molecule has 0 aliphatic carbocycles. The molecule has 0 bridgehead atoms. The van der Waals surface area contributed by atoms with Crippen LogP contribution in [0.1, 0.15) is 16.1 Å². The van der Waals surface area contributed by atoms with E-state index in [1.807, 2.05) is 0 Å². The highest BCUT2D eigenvalue weighted by atomic mass is 35.5. The van der Waals surface area contributed by atoms with Crippen molar-refractivity contribution in [2.45, 2.75) is 44.7 Å². The molecule has 1 unspecified atom stereocenters. The number of alkyl halides is 1. The lowest BCUT2D eigenvalue weighted by molar-refractivity contribution is 1.26. The summed E-state index contributed by atoms with van der Waals surface area (Å²) in [4.78, 5) is 0. The molecule has 0 saturated heterocycles. The summed E-state index contributed by atoms with van der Waals surface area (Å²) >= 11 is 6.73. The van der Waals surface area contributed by atoms with Gasteiger partial charge < -0.3 is 0 Å². The largest absolute Gasteiger partial charge is 0.122 e. The Hall–Kier alpha value is -0.0562. The Bertz CT molecular complexity index is 349. The Morgan fingerprint density at radius 3 is 1.75 bits per heavy atom. The first-order valence-corrected chi connectivity index (χ1v) is 13.9. The van der Waals surface area contributed by atoms with E-state index in [2.05, 4.69) is 63.9 Å². The second kappa shape index (κ2) is 4.67. The number of aryl methyl sites for hydroxylation is 1. The topological polar surface area (TPSA) is 0 Å². The fourth-order valence-corrected chi connectivity index (χ4v) is 9.19. The van der Waals surface area contributed by atoms with Crippen molar-refractivity contribution in [1.29, 1.82) is 0 Å². The second-order valence-corrected chi connectivity index (χ2v) is 23.9. The van der Waals surface area contributed by atoms with Gasteiger partial charge in [-0.25, -0.2) is 0 Å². The zero-order chi connectivity index (χ0) is 12.6. The third-order valence-electron chi connectivity index (χ3n) is 3.94. The first-order chi connectivity index (χ1) is 7.16. The molecule has 0 heterocycles. The number of halogens is 1. The van der Waals surface area contributed by atoms with Crippen molar-refractivity contribution in [2.24, 2.45) is 0 Å². The maximum absolute atomic E-state index is 6.73. The molecule has 16 heavy (non-hydrogen) atoms. The van der Waals surface area contributed by atoms with E-state index in [-0.39, 0.29) is 5.00 Å². The number of rotatable bonds is 3. The van der Waals surface area contributed by atoms with Crippen LogP contribution in [-0.4, -0.2) is 15.2 Å². The summed E-state index contributed by atoms with van der Waals surface area (Å²) < 4.78 is 0. The van der Waals surface area contributed by atoms with Crippen LogP contribution >= 0.6 is 11.6 Å². The fourth-order valence-electron chi connectivity index (χ4n) is 1.53. The minimum absolute atomic E-state index is 0.250. The van der Waals surface area contributed by atoms with Crippen LogP contribution in [-0.2, 0) is 0 Å². The van der Waals surface area contributed by atoms with Crippen molar-refractivity contribution in [3.63, 3.8) is 0 Å². The molecule has 0 aliphatic rings. The molecular formula is C13H23ClSi2. The average Bonchev–Trinajstić information content (AvgIpc) is 2.16. The average molecular weight is 271 g/mol. The third-order valence-corrected chi connectivity index (χ3v) is 24.3. The predicted octanol–water partition coefficient (Wildman–Crippen LogP) is 4.94. The normalized spacial score (nSPS) is 14.9. The molecule has 0 aromatic heterocycles. The van der Waals surface area contributed by atoms with E-state index in [9.17, 15) is 0 Å². The van der Waals surface area contributed by atoms with Crippen LogP contribution < -0.4 is 0 Å². The maximum atomic E-state index is 6.73. The third kappa shape index (κ3) is 2.79. The van der Waals surface area contributed by atoms with E-state index in [0.717, 1.165) is 0 Å². The van der Waals surface area contributed by atoms with E-state index in [1.54, 1.807) is 0 Å². The Balaban J connectivity index is 3.02. The van der Waals surface area contributed by atoms with Gasteiger partial charge in [0.1, 0.15) is 0 Å². The summed E-state index contributed by atoms with van der Waals surface area (Å²) in [7, 11) is -2.50. The number of hydrogen-bond donors (Lipinski definition) is 0. The summed E-state index contributed by atoms with van der Waals surface area (Å²) in [6, 6.07) is 8.72. The molecule has 0 spiro atoms. The first kappa shape index (κ1) is 14.0. The SMILES string of the molecule is Cc1ccc(C(Cl)[Si](C)(C)[Si](C)(C)C)cc1. The molecule has 0 aliphatic heterocycles. The van der Waals surface area contributed by atoms with Crippen LogP contribution in [0, 0.1) is 6.92 Å². The van der Waals surface area contributed by atoms with Crippen LogP contribution in [0.3, 0.4) is 0 Å². The van der Waals surface area contributed by atoms with Crippen molar-refractivity contribution >= 4 is 26.8 Å². The quantitative estimate of drug-likeness (QED) is 0.539. The van der Waals surface area contributed by atoms with Crippen LogP contribution in [0.4, 0.5) is 0 Å². The highest BCUT2D eigenvalue weighted by Gasteiger charge is 2.43. The van der Waals surface area contributed by atoms with Gasteiger partial charge in [0.15, 0.2) is 0 Å². The lowest BCUT2D eigenvalue weighted by atomic mass is 10.2. The molecule has 1 rings (SSSR count). The zero-order valence-electron chi connectivity index (χ0n) is 11.3. The summed E-state index contributed by atoms with van der Waals surface area (Å²) in [5, 5.41) is 0.250. The van der Waals surface area contributed by atoms with E-state index >= 15 is 0 Å². The van der Waals surface area contributed by atoms with Crippen LogP contribution in [0.25, 0.3) is 0 Å². The molecule has 1 atom stereocenters. The molecule has 3 heteroatoms. The van der Waals surface area contributed by atoms with Gasteiger partial charge in [0.2, 0.25) is 0 Å². The van der Waals surface area contributed by atoms with Gasteiger partial charge in [0.05, 0.1) is 7.59 Å². The van der Waals surface area contributed by atoms with Crippen molar-refractivity contribution < 1.29 is 0 Å². The fraction of sp³-hybridized carbons (Fsp3) is 0.538. The van der Waals surface area contributed by atoms with Crippen molar-refractivity contribution in [1.82, 2.24) is 0 Å². The first-order valence-electron chi connectivity index (χ1n) is 5.87. The summed E-state index contributed by atoms with van der Waals surface area (Å²) in [5.41, 5.74) is 2.62. The monoisotopic (exact) mass is 270 g/mol. The van der Waals surface area contributed by atoms with Gasteiger partial charge in [-0.15, -0.1) is 11.6 Å². The van der Waals surface area contributed by atoms with E-state index in [0.29, 0.717) is 0 Å². The minimum Gasteiger partial charge on any atom is -0.122 e. The van der Waals surface area contributed by atoms with Gasteiger partial charge in [-0.3, -0.25) is 0 Å². The lowest BCUT2D eigenvalue weighted by Crippen LogP contribution is -2.55. The molecule has 0 amide bonds. The van der Waals surface area contributed by atoms with Crippen LogP contribution in [0.5, 0.6) is 0 Å². The van der Waals surface area contributed by atoms with Crippen molar-refractivity contribution in [3.8, 4) is 0 Å². The lowest BCUT2D eigenvalue weighted by Gasteiger charge is -2.39. The van der Waals surface area contributed by atoms with E-state index in [4.69, 9.17) is 11.6 Å². The Kier molecular flexibility index (Phi) is 4.09. The van der Waals surface area contributed by atoms with Gasteiger partial charge in [0.25, 0.3) is 0 Å². The molecular weight excluding hydrogens is 248 g/mol. The second-order valence-electron chi connectivity index (χ2n) is 6.24. The predicted molar refractivity (Wildman–Crippen MR) is 80.6 cm³/mol. The Morgan fingerprint density at radius 2 is 1.38 bits per heavy atom. The molecule has 0 nitrogen and oxygen atoms in total. The molecule has 0 N–H and O–H groups in total. The van der Waals surface area contributed by atoms with Crippen LogP contribution in [0.2, 0.25) is 32.7 Å². The van der Waals surface area contributed by atoms with Gasteiger partial charge in [-0.1, -0.05) is 62.6 Å².